The molecule has 0 spiro atoms. The van der Waals surface area contributed by atoms with Gasteiger partial charge in [0.2, 0.25) is 15.9 Å². The van der Waals surface area contributed by atoms with Gasteiger partial charge in [0.15, 0.2) is 0 Å². The molecule has 1 amide bonds. The lowest BCUT2D eigenvalue weighted by molar-refractivity contribution is -0.132. The Balaban J connectivity index is 1.74. The summed E-state index contributed by atoms with van der Waals surface area (Å²) in [6.45, 7) is 1.79. The monoisotopic (exact) mass is 423 g/mol. The Morgan fingerprint density at radius 3 is 2.60 bits per heavy atom. The molecule has 1 aliphatic rings. The third-order valence-electron chi connectivity index (χ3n) is 4.88. The number of para-hydroxylation sites is 1. The summed E-state index contributed by atoms with van der Waals surface area (Å²) in [6, 6.07) is 12.5. The maximum Gasteiger partial charge on any atom is 0.242 e. The van der Waals surface area contributed by atoms with Crippen molar-refractivity contribution in [3.63, 3.8) is 0 Å². The van der Waals surface area contributed by atoms with E-state index in [1.165, 1.54) is 5.01 Å². The van der Waals surface area contributed by atoms with E-state index >= 15 is 0 Å². The third-order valence-corrected chi connectivity index (χ3v) is 5.47. The normalized spacial score (nSPS) is 16.5. The molecule has 1 N–H and O–H groups in total. The first-order valence-corrected chi connectivity index (χ1v) is 11.4. The van der Waals surface area contributed by atoms with E-state index in [4.69, 9.17) is 0 Å². The first kappa shape index (κ1) is 20.0. The quantitative estimate of drug-likeness (QED) is 0.679. The van der Waals surface area contributed by atoms with E-state index in [0.29, 0.717) is 29.8 Å². The van der Waals surface area contributed by atoms with Crippen molar-refractivity contribution in [1.29, 1.82) is 0 Å². The molecule has 1 atom stereocenters. The summed E-state index contributed by atoms with van der Waals surface area (Å²) >= 11 is 0. The zero-order chi connectivity index (χ0) is 21.3. The Kier molecular flexibility index (Phi) is 5.21. The van der Waals surface area contributed by atoms with Crippen molar-refractivity contribution < 1.29 is 13.2 Å². The second kappa shape index (κ2) is 7.83. The fourth-order valence-corrected chi connectivity index (χ4v) is 4.11. The molecule has 2 heterocycles. The SMILES string of the molecule is CCC(=O)N1N=C(c2ccccc2NS(C)(=O)=O)C[C@@H]1c1ccc2nccnc2c1. The van der Waals surface area contributed by atoms with Crippen molar-refractivity contribution in [3.05, 3.63) is 66.0 Å². The van der Waals surface area contributed by atoms with Gasteiger partial charge in [-0.15, -0.1) is 0 Å². The zero-order valence-electron chi connectivity index (χ0n) is 16.6. The summed E-state index contributed by atoms with van der Waals surface area (Å²) in [5, 5.41) is 6.08. The maximum absolute atomic E-state index is 12.6. The minimum atomic E-state index is -3.45. The number of carbonyl (C=O) groups excluding carboxylic acids is 1. The van der Waals surface area contributed by atoms with Crippen molar-refractivity contribution >= 4 is 38.4 Å². The minimum absolute atomic E-state index is 0.109. The number of fused-ring (bicyclic) bond motifs is 1. The highest BCUT2D eigenvalue weighted by Gasteiger charge is 2.33. The van der Waals surface area contributed by atoms with E-state index in [9.17, 15) is 13.2 Å². The summed E-state index contributed by atoms with van der Waals surface area (Å²) in [5.74, 6) is -0.109. The average molecular weight is 423 g/mol. The molecule has 1 aromatic heterocycles. The van der Waals surface area contributed by atoms with Crippen LogP contribution >= 0.6 is 0 Å². The Morgan fingerprint density at radius 2 is 1.87 bits per heavy atom. The highest BCUT2D eigenvalue weighted by atomic mass is 32.2. The summed E-state index contributed by atoms with van der Waals surface area (Å²) in [5.41, 5.74) is 4.15. The van der Waals surface area contributed by atoms with Gasteiger partial charge in [-0.05, 0) is 23.8 Å². The zero-order valence-corrected chi connectivity index (χ0v) is 17.4. The van der Waals surface area contributed by atoms with E-state index in [2.05, 4.69) is 19.8 Å². The van der Waals surface area contributed by atoms with Gasteiger partial charge >= 0.3 is 0 Å². The number of aromatic nitrogens is 2. The molecule has 1 aliphatic heterocycles. The minimum Gasteiger partial charge on any atom is -0.283 e. The molecule has 2 aromatic carbocycles. The number of sulfonamides is 1. The van der Waals surface area contributed by atoms with Crippen LogP contribution in [0.2, 0.25) is 0 Å². The highest BCUT2D eigenvalue weighted by Crippen LogP contribution is 2.35. The number of nitrogens with one attached hydrogen (secondary N) is 1. The standard InChI is InChI=1S/C21H21N5O3S/c1-3-21(27)26-20(14-8-9-17-19(12-14)23-11-10-22-17)13-18(24-26)15-6-4-5-7-16(15)25-30(2,28)29/h4-12,20,25H,3,13H2,1-2H3/t20-/m1/s1. The smallest absolute Gasteiger partial charge is 0.242 e. The number of hydrazone groups is 1. The fraction of sp³-hybridized carbons (Fsp3) is 0.238. The Labute approximate surface area is 174 Å². The topological polar surface area (TPSA) is 105 Å². The maximum atomic E-state index is 12.6. The van der Waals surface area contributed by atoms with Crippen LogP contribution in [-0.2, 0) is 14.8 Å². The van der Waals surface area contributed by atoms with Crippen molar-refractivity contribution in [2.75, 3.05) is 11.0 Å². The number of anilines is 1. The molecule has 154 valence electrons. The van der Waals surface area contributed by atoms with Crippen molar-refractivity contribution in [1.82, 2.24) is 15.0 Å². The van der Waals surface area contributed by atoms with Crippen LogP contribution in [0.1, 0.15) is 36.9 Å². The molecule has 4 rings (SSSR count). The van der Waals surface area contributed by atoms with Gasteiger partial charge in [0.25, 0.3) is 0 Å². The molecular weight excluding hydrogens is 402 g/mol. The van der Waals surface area contributed by atoms with Gasteiger partial charge in [0, 0.05) is 30.8 Å². The predicted molar refractivity (Wildman–Crippen MR) is 115 cm³/mol. The van der Waals surface area contributed by atoms with Crippen molar-refractivity contribution in [3.8, 4) is 0 Å². The van der Waals surface area contributed by atoms with Crippen LogP contribution in [0.15, 0.2) is 60.0 Å². The molecule has 0 aliphatic carbocycles. The Morgan fingerprint density at radius 1 is 1.13 bits per heavy atom. The molecule has 0 radical (unpaired) electrons. The van der Waals surface area contributed by atoms with Crippen LogP contribution in [0.25, 0.3) is 11.0 Å². The molecule has 30 heavy (non-hydrogen) atoms. The van der Waals surface area contributed by atoms with E-state index in [1.54, 1.807) is 37.5 Å². The summed E-state index contributed by atoms with van der Waals surface area (Å²) in [4.78, 5) is 21.3. The number of amides is 1. The fourth-order valence-electron chi connectivity index (χ4n) is 3.54. The van der Waals surface area contributed by atoms with Gasteiger partial charge in [0.05, 0.1) is 34.7 Å². The first-order valence-electron chi connectivity index (χ1n) is 9.53. The lowest BCUT2D eigenvalue weighted by Gasteiger charge is -2.21. The number of benzene rings is 2. The molecule has 9 heteroatoms. The molecule has 0 bridgehead atoms. The van der Waals surface area contributed by atoms with E-state index in [0.717, 1.165) is 22.9 Å². The molecule has 0 saturated carbocycles. The number of carbonyl (C=O) groups is 1. The van der Waals surface area contributed by atoms with Gasteiger partial charge in [-0.2, -0.15) is 5.10 Å². The molecule has 0 fully saturated rings. The summed E-state index contributed by atoms with van der Waals surface area (Å²) in [7, 11) is -3.45. The molecule has 8 nitrogen and oxygen atoms in total. The van der Waals surface area contributed by atoms with Crippen LogP contribution in [0.5, 0.6) is 0 Å². The van der Waals surface area contributed by atoms with Crippen LogP contribution < -0.4 is 4.72 Å². The van der Waals surface area contributed by atoms with E-state index < -0.39 is 10.0 Å². The summed E-state index contributed by atoms with van der Waals surface area (Å²) < 4.78 is 26.1. The van der Waals surface area contributed by atoms with Gasteiger partial charge in [-0.1, -0.05) is 31.2 Å². The largest absolute Gasteiger partial charge is 0.283 e. The van der Waals surface area contributed by atoms with E-state index in [-0.39, 0.29) is 11.9 Å². The average Bonchev–Trinajstić information content (AvgIpc) is 3.17. The van der Waals surface area contributed by atoms with Gasteiger partial charge in [-0.25, -0.2) is 13.4 Å². The second-order valence-corrected chi connectivity index (χ2v) is 8.83. The second-order valence-electron chi connectivity index (χ2n) is 7.08. The third kappa shape index (κ3) is 4.02. The van der Waals surface area contributed by atoms with Crippen LogP contribution in [0.3, 0.4) is 0 Å². The molecule has 3 aromatic rings. The first-order chi connectivity index (χ1) is 14.4. The van der Waals surface area contributed by atoms with Gasteiger partial charge < -0.3 is 0 Å². The van der Waals surface area contributed by atoms with Gasteiger partial charge in [-0.3, -0.25) is 19.5 Å². The van der Waals surface area contributed by atoms with Crippen molar-refractivity contribution in [2.24, 2.45) is 5.10 Å². The Bertz CT molecular complexity index is 1260. The van der Waals surface area contributed by atoms with Gasteiger partial charge in [0.1, 0.15) is 0 Å². The van der Waals surface area contributed by atoms with Crippen LogP contribution in [-0.4, -0.2) is 41.3 Å². The number of hydrogen-bond donors (Lipinski definition) is 1. The lowest BCUT2D eigenvalue weighted by Crippen LogP contribution is -2.26. The lowest BCUT2D eigenvalue weighted by atomic mass is 9.97. The number of nitrogens with zero attached hydrogens (tertiary/aromatic N) is 4. The van der Waals surface area contributed by atoms with E-state index in [1.807, 2.05) is 24.3 Å². The Hall–Kier alpha value is -3.33. The van der Waals surface area contributed by atoms with Crippen LogP contribution in [0, 0.1) is 0 Å². The van der Waals surface area contributed by atoms with Crippen molar-refractivity contribution in [2.45, 2.75) is 25.8 Å². The number of hydrogen-bond acceptors (Lipinski definition) is 6. The number of rotatable bonds is 5. The highest BCUT2D eigenvalue weighted by molar-refractivity contribution is 7.92. The molecule has 0 unspecified atom stereocenters. The molecular formula is C21H21N5O3S. The summed E-state index contributed by atoms with van der Waals surface area (Å²) in [6.07, 6.45) is 5.14. The predicted octanol–water partition coefficient (Wildman–Crippen LogP) is 3.09. The molecule has 0 saturated heterocycles. The van der Waals surface area contributed by atoms with Crippen LogP contribution in [0.4, 0.5) is 5.69 Å².